The van der Waals surface area contributed by atoms with Gasteiger partial charge in [-0.05, 0) is 57.9 Å². The zero-order valence-electron chi connectivity index (χ0n) is 16.5. The lowest BCUT2D eigenvalue weighted by Crippen LogP contribution is -2.47. The van der Waals surface area contributed by atoms with E-state index in [9.17, 15) is 16.8 Å². The smallest absolute Gasteiger partial charge is 0.265 e. The van der Waals surface area contributed by atoms with Crippen molar-refractivity contribution in [2.75, 3.05) is 4.72 Å². The zero-order valence-corrected chi connectivity index (χ0v) is 18.1. The van der Waals surface area contributed by atoms with Gasteiger partial charge in [0.2, 0.25) is 10.0 Å². The number of piperidine rings is 1. The van der Waals surface area contributed by atoms with Crippen molar-refractivity contribution in [3.8, 4) is 0 Å². The average Bonchev–Trinajstić information content (AvgIpc) is 2.94. The maximum Gasteiger partial charge on any atom is 0.265 e. The lowest BCUT2D eigenvalue weighted by atomic mass is 10.0. The molecule has 2 atom stereocenters. The maximum atomic E-state index is 13.0. The highest BCUT2D eigenvalue weighted by molar-refractivity contribution is 7.92. The van der Waals surface area contributed by atoms with Crippen molar-refractivity contribution >= 4 is 25.7 Å². The van der Waals surface area contributed by atoms with Crippen LogP contribution in [0.3, 0.4) is 0 Å². The van der Waals surface area contributed by atoms with Gasteiger partial charge in [-0.1, -0.05) is 6.42 Å². The number of aromatic nitrogens is 2. The minimum atomic E-state index is -3.80. The van der Waals surface area contributed by atoms with Crippen molar-refractivity contribution in [2.45, 2.75) is 61.9 Å². The third-order valence-corrected chi connectivity index (χ3v) is 8.68. The number of hydrogen-bond acceptors (Lipinski definition) is 5. The van der Waals surface area contributed by atoms with E-state index in [1.807, 2.05) is 13.8 Å². The van der Waals surface area contributed by atoms with Gasteiger partial charge in [0.25, 0.3) is 10.0 Å². The Balaban J connectivity index is 1.84. The largest absolute Gasteiger partial charge is 0.280 e. The van der Waals surface area contributed by atoms with Crippen molar-refractivity contribution in [1.82, 2.24) is 14.1 Å². The van der Waals surface area contributed by atoms with E-state index in [1.165, 1.54) is 35.1 Å². The minimum absolute atomic E-state index is 0.0551. The van der Waals surface area contributed by atoms with Crippen LogP contribution < -0.4 is 4.72 Å². The molecule has 2 heterocycles. The molecule has 0 amide bonds. The molecule has 0 radical (unpaired) electrons. The van der Waals surface area contributed by atoms with Gasteiger partial charge in [-0.3, -0.25) is 9.40 Å². The quantitative estimate of drug-likeness (QED) is 0.791. The standard InChI is InChI=1S/C18H26N4O4S2/c1-13-6-5-7-14(2)22(13)28(25,26)17-10-8-16(9-11-17)20-27(23,24)18-12-21(4)19-15(18)3/h8-14,20H,5-7H2,1-4H3. The zero-order chi connectivity index (χ0) is 20.7. The first-order valence-electron chi connectivity index (χ1n) is 9.19. The maximum absolute atomic E-state index is 13.0. The third-order valence-electron chi connectivity index (χ3n) is 5.05. The number of anilines is 1. The van der Waals surface area contributed by atoms with E-state index < -0.39 is 20.0 Å². The van der Waals surface area contributed by atoms with E-state index in [4.69, 9.17) is 0 Å². The number of aryl methyl sites for hydroxylation is 2. The van der Waals surface area contributed by atoms with Crippen molar-refractivity contribution in [2.24, 2.45) is 7.05 Å². The highest BCUT2D eigenvalue weighted by Gasteiger charge is 2.35. The summed E-state index contributed by atoms with van der Waals surface area (Å²) in [6.07, 6.45) is 4.12. The summed E-state index contributed by atoms with van der Waals surface area (Å²) in [7, 11) is -5.79. The molecular weight excluding hydrogens is 400 g/mol. The van der Waals surface area contributed by atoms with Gasteiger partial charge in [0.15, 0.2) is 0 Å². The van der Waals surface area contributed by atoms with Crippen LogP contribution in [0.25, 0.3) is 0 Å². The first-order chi connectivity index (χ1) is 13.0. The van der Waals surface area contributed by atoms with Crippen molar-refractivity contribution in [3.05, 3.63) is 36.2 Å². The summed E-state index contributed by atoms with van der Waals surface area (Å²) in [5, 5.41) is 4.04. The van der Waals surface area contributed by atoms with E-state index in [2.05, 4.69) is 9.82 Å². The summed E-state index contributed by atoms with van der Waals surface area (Å²) in [6, 6.07) is 5.71. The van der Waals surface area contributed by atoms with E-state index in [1.54, 1.807) is 18.3 Å². The molecular formula is C18H26N4O4S2. The van der Waals surface area contributed by atoms with E-state index >= 15 is 0 Å². The van der Waals surface area contributed by atoms with Gasteiger partial charge in [-0.2, -0.15) is 9.40 Å². The number of nitrogens with zero attached hydrogens (tertiary/aromatic N) is 3. The van der Waals surface area contributed by atoms with Gasteiger partial charge in [0.05, 0.1) is 10.6 Å². The number of benzene rings is 1. The van der Waals surface area contributed by atoms with Crippen LogP contribution in [0.2, 0.25) is 0 Å². The van der Waals surface area contributed by atoms with Crippen molar-refractivity contribution < 1.29 is 16.8 Å². The first kappa shape index (κ1) is 20.8. The summed E-state index contributed by atoms with van der Waals surface area (Å²) in [4.78, 5) is 0.247. The molecule has 0 spiro atoms. The number of nitrogens with one attached hydrogen (secondary N) is 1. The van der Waals surface area contributed by atoms with Crippen LogP contribution >= 0.6 is 0 Å². The molecule has 0 bridgehead atoms. The van der Waals surface area contributed by atoms with Crippen LogP contribution in [-0.4, -0.2) is 43.0 Å². The molecule has 1 aliphatic rings. The second-order valence-corrected chi connectivity index (χ2v) is 10.8. The number of rotatable bonds is 5. The SMILES string of the molecule is Cc1nn(C)cc1S(=O)(=O)Nc1ccc(S(=O)(=O)N2C(C)CCCC2C)cc1. The van der Waals surface area contributed by atoms with Gasteiger partial charge in [-0.25, -0.2) is 16.8 Å². The third kappa shape index (κ3) is 3.94. The summed E-state index contributed by atoms with van der Waals surface area (Å²) in [5.41, 5.74) is 0.684. The lowest BCUT2D eigenvalue weighted by molar-refractivity contribution is 0.204. The summed E-state index contributed by atoms with van der Waals surface area (Å²) in [6.45, 7) is 5.46. The van der Waals surface area contributed by atoms with Crippen LogP contribution in [0.1, 0.15) is 38.8 Å². The Bertz CT molecular complexity index is 1050. The first-order valence-corrected chi connectivity index (χ1v) is 12.1. The Morgan fingerprint density at radius 1 is 1.04 bits per heavy atom. The van der Waals surface area contributed by atoms with Crippen molar-refractivity contribution in [1.29, 1.82) is 0 Å². The topological polar surface area (TPSA) is 101 Å². The predicted molar refractivity (Wildman–Crippen MR) is 107 cm³/mol. The summed E-state index contributed by atoms with van der Waals surface area (Å²) < 4.78 is 56.7. The average molecular weight is 427 g/mol. The Labute approximate surface area is 166 Å². The second-order valence-electron chi connectivity index (χ2n) is 7.35. The van der Waals surface area contributed by atoms with Gasteiger partial charge in [0, 0.05) is 31.0 Å². The Morgan fingerprint density at radius 3 is 2.11 bits per heavy atom. The molecule has 8 nitrogen and oxygen atoms in total. The van der Waals surface area contributed by atoms with Crippen molar-refractivity contribution in [3.63, 3.8) is 0 Å². The molecule has 1 fully saturated rings. The van der Waals surface area contributed by atoms with E-state index in [-0.39, 0.29) is 21.9 Å². The van der Waals surface area contributed by atoms with Crippen LogP contribution in [-0.2, 0) is 27.1 Å². The molecule has 154 valence electrons. The molecule has 1 aromatic carbocycles. The van der Waals surface area contributed by atoms with Gasteiger partial charge < -0.3 is 0 Å². The Hall–Kier alpha value is -1.91. The molecule has 28 heavy (non-hydrogen) atoms. The normalized spacial score (nSPS) is 21.6. The van der Waals surface area contributed by atoms with E-state index in [0.717, 1.165) is 19.3 Å². The number of hydrogen-bond donors (Lipinski definition) is 1. The molecule has 1 saturated heterocycles. The molecule has 0 aliphatic carbocycles. The molecule has 1 aromatic heterocycles. The molecule has 0 saturated carbocycles. The molecule has 2 aromatic rings. The van der Waals surface area contributed by atoms with Crippen LogP contribution in [0.5, 0.6) is 0 Å². The lowest BCUT2D eigenvalue weighted by Gasteiger charge is -2.37. The Morgan fingerprint density at radius 2 is 1.61 bits per heavy atom. The molecule has 3 rings (SSSR count). The molecule has 2 unspecified atom stereocenters. The monoisotopic (exact) mass is 426 g/mol. The highest BCUT2D eigenvalue weighted by Crippen LogP contribution is 2.30. The minimum Gasteiger partial charge on any atom is -0.280 e. The summed E-state index contributed by atoms with van der Waals surface area (Å²) in [5.74, 6) is 0. The van der Waals surface area contributed by atoms with Crippen LogP contribution in [0.4, 0.5) is 5.69 Å². The fourth-order valence-electron chi connectivity index (χ4n) is 3.74. The highest BCUT2D eigenvalue weighted by atomic mass is 32.2. The summed E-state index contributed by atoms with van der Waals surface area (Å²) >= 11 is 0. The van der Waals surface area contributed by atoms with Crippen LogP contribution in [0, 0.1) is 6.92 Å². The second kappa shape index (κ2) is 7.49. The predicted octanol–water partition coefficient (Wildman–Crippen LogP) is 2.48. The van der Waals surface area contributed by atoms with Crippen LogP contribution in [0.15, 0.2) is 40.3 Å². The van der Waals surface area contributed by atoms with Gasteiger partial charge >= 0.3 is 0 Å². The fraction of sp³-hybridized carbons (Fsp3) is 0.500. The molecule has 1 aliphatic heterocycles. The Kier molecular flexibility index (Phi) is 5.57. The molecule has 1 N–H and O–H groups in total. The number of sulfonamides is 2. The van der Waals surface area contributed by atoms with E-state index in [0.29, 0.717) is 11.4 Å². The fourth-order valence-corrected chi connectivity index (χ4v) is 6.90. The van der Waals surface area contributed by atoms with Gasteiger partial charge in [-0.15, -0.1) is 0 Å². The molecule has 10 heteroatoms. The van der Waals surface area contributed by atoms with Gasteiger partial charge in [0.1, 0.15) is 4.90 Å².